The molecule has 8 unspecified atom stereocenters. The second-order valence-electron chi connectivity index (χ2n) is 7.37. The van der Waals surface area contributed by atoms with Crippen molar-refractivity contribution in [2.24, 2.45) is 46.8 Å². The molecule has 0 aliphatic heterocycles. The van der Waals surface area contributed by atoms with Crippen LogP contribution in [0.15, 0.2) is 0 Å². The summed E-state index contributed by atoms with van der Waals surface area (Å²) in [6.07, 6.45) is 9.60. The molecule has 5 fully saturated rings. The number of hydrogen-bond acceptors (Lipinski definition) is 0. The van der Waals surface area contributed by atoms with Crippen LogP contribution in [0, 0.1) is 46.8 Å². The molecule has 15 heavy (non-hydrogen) atoms. The van der Waals surface area contributed by atoms with Crippen LogP contribution in [0.1, 0.15) is 45.4 Å². The Balaban J connectivity index is 1.60. The zero-order chi connectivity index (χ0) is 9.78. The molecule has 82 valence electrons. The van der Waals surface area contributed by atoms with Crippen molar-refractivity contribution in [3.8, 4) is 0 Å². The zero-order valence-electron chi connectivity index (χ0n) is 9.78. The van der Waals surface area contributed by atoms with Crippen molar-refractivity contribution in [3.63, 3.8) is 0 Å². The van der Waals surface area contributed by atoms with Crippen LogP contribution < -0.4 is 0 Å². The van der Waals surface area contributed by atoms with Crippen LogP contribution in [0.25, 0.3) is 0 Å². The van der Waals surface area contributed by atoms with Gasteiger partial charge < -0.3 is 0 Å². The Morgan fingerprint density at radius 1 is 1.07 bits per heavy atom. The molecular formula is C15H22. The molecule has 0 saturated heterocycles. The van der Waals surface area contributed by atoms with Crippen LogP contribution in [-0.2, 0) is 0 Å². The molecule has 5 saturated carbocycles. The molecule has 0 aromatic heterocycles. The predicted octanol–water partition coefficient (Wildman–Crippen LogP) is 3.71. The molecule has 8 atom stereocenters. The van der Waals surface area contributed by atoms with Crippen LogP contribution in [0.2, 0.25) is 0 Å². The molecule has 0 amide bonds. The minimum Gasteiger partial charge on any atom is -0.0654 e. The third-order valence-electron chi connectivity index (χ3n) is 7.37. The van der Waals surface area contributed by atoms with E-state index in [0.717, 1.165) is 5.41 Å². The molecule has 0 aromatic rings. The van der Waals surface area contributed by atoms with Crippen LogP contribution in [0.4, 0.5) is 0 Å². The quantitative estimate of drug-likeness (QED) is 0.599. The lowest BCUT2D eigenvalue weighted by atomic mass is 9.47. The maximum atomic E-state index is 2.42. The van der Waals surface area contributed by atoms with E-state index < -0.39 is 0 Å². The molecule has 5 rings (SSSR count). The van der Waals surface area contributed by atoms with E-state index in [1.54, 1.807) is 32.1 Å². The maximum Gasteiger partial charge on any atom is -0.0230 e. The van der Waals surface area contributed by atoms with E-state index in [4.69, 9.17) is 0 Å². The fourth-order valence-electron chi connectivity index (χ4n) is 7.11. The highest BCUT2D eigenvalue weighted by Gasteiger charge is 2.79. The van der Waals surface area contributed by atoms with Gasteiger partial charge in [-0.2, -0.15) is 0 Å². The average Bonchev–Trinajstić information content (AvgIpc) is 2.63. The second kappa shape index (κ2) is 2.17. The highest BCUT2D eigenvalue weighted by atomic mass is 14.8. The molecule has 5 aliphatic rings. The summed E-state index contributed by atoms with van der Waals surface area (Å²) in [4.78, 5) is 0. The fourth-order valence-corrected chi connectivity index (χ4v) is 7.11. The Morgan fingerprint density at radius 3 is 2.73 bits per heavy atom. The molecule has 0 aromatic carbocycles. The first-order chi connectivity index (χ1) is 7.37. The van der Waals surface area contributed by atoms with Gasteiger partial charge in [-0.3, -0.25) is 0 Å². The topological polar surface area (TPSA) is 0 Å². The van der Waals surface area contributed by atoms with E-state index in [0.29, 0.717) is 0 Å². The van der Waals surface area contributed by atoms with Crippen LogP contribution in [0.5, 0.6) is 0 Å². The number of rotatable bonds is 2. The molecule has 0 N–H and O–H groups in total. The Labute approximate surface area is 92.8 Å². The third-order valence-corrected chi connectivity index (χ3v) is 7.37. The van der Waals surface area contributed by atoms with Gasteiger partial charge in [0.1, 0.15) is 0 Å². The van der Waals surface area contributed by atoms with Crippen molar-refractivity contribution >= 4 is 0 Å². The molecular weight excluding hydrogens is 180 g/mol. The van der Waals surface area contributed by atoms with Crippen molar-refractivity contribution in [2.75, 3.05) is 0 Å². The summed E-state index contributed by atoms with van der Waals surface area (Å²) in [5.74, 6) is 8.65. The summed E-state index contributed by atoms with van der Waals surface area (Å²) in [6, 6.07) is 0. The summed E-state index contributed by atoms with van der Waals surface area (Å²) in [7, 11) is 0. The average molecular weight is 202 g/mol. The summed E-state index contributed by atoms with van der Waals surface area (Å²) in [6.45, 7) is 2.42. The van der Waals surface area contributed by atoms with Crippen LogP contribution >= 0.6 is 0 Å². The van der Waals surface area contributed by atoms with E-state index in [9.17, 15) is 0 Å². The highest BCUT2D eigenvalue weighted by molar-refractivity contribution is 5.27. The van der Waals surface area contributed by atoms with Gasteiger partial charge in [0.25, 0.3) is 0 Å². The van der Waals surface area contributed by atoms with E-state index in [1.165, 1.54) is 47.8 Å². The van der Waals surface area contributed by atoms with Gasteiger partial charge in [-0.25, -0.2) is 0 Å². The second-order valence-corrected chi connectivity index (χ2v) is 7.37. The molecule has 0 spiro atoms. The Bertz CT molecular complexity index is 333. The Morgan fingerprint density at radius 2 is 2.00 bits per heavy atom. The first-order valence-corrected chi connectivity index (χ1v) is 7.37. The lowest BCUT2D eigenvalue weighted by molar-refractivity contribution is -0.0972. The summed E-state index contributed by atoms with van der Waals surface area (Å²) < 4.78 is 0. The summed E-state index contributed by atoms with van der Waals surface area (Å²) in [5, 5.41) is 0. The van der Waals surface area contributed by atoms with E-state index in [1.807, 2.05) is 0 Å². The zero-order valence-corrected chi connectivity index (χ0v) is 9.78. The van der Waals surface area contributed by atoms with Crippen molar-refractivity contribution in [2.45, 2.75) is 45.4 Å². The molecule has 0 nitrogen and oxygen atoms in total. The monoisotopic (exact) mass is 202 g/mol. The molecule has 0 radical (unpaired) electrons. The van der Waals surface area contributed by atoms with Crippen LogP contribution in [0.3, 0.4) is 0 Å². The SMILES string of the molecule is CCCC12CC(C3CCC31)C1C3CC3C12. The molecule has 5 aliphatic carbocycles. The van der Waals surface area contributed by atoms with Gasteiger partial charge in [0.15, 0.2) is 0 Å². The Kier molecular flexibility index (Phi) is 1.18. The molecule has 0 heterocycles. The van der Waals surface area contributed by atoms with Gasteiger partial charge in [-0.1, -0.05) is 13.3 Å². The first-order valence-electron chi connectivity index (χ1n) is 7.37. The van der Waals surface area contributed by atoms with Gasteiger partial charge in [0.2, 0.25) is 0 Å². The normalized spacial score (nSPS) is 71.4. The minimum absolute atomic E-state index is 0.907. The predicted molar refractivity (Wildman–Crippen MR) is 60.2 cm³/mol. The van der Waals surface area contributed by atoms with Crippen LogP contribution in [-0.4, -0.2) is 0 Å². The van der Waals surface area contributed by atoms with Gasteiger partial charge in [0.05, 0.1) is 0 Å². The smallest absolute Gasteiger partial charge is 0.0230 e. The van der Waals surface area contributed by atoms with E-state index >= 15 is 0 Å². The van der Waals surface area contributed by atoms with Crippen molar-refractivity contribution in [1.82, 2.24) is 0 Å². The molecule has 2 bridgehead atoms. The summed E-state index contributed by atoms with van der Waals surface area (Å²) >= 11 is 0. The van der Waals surface area contributed by atoms with E-state index in [-0.39, 0.29) is 0 Å². The third kappa shape index (κ3) is 0.643. The van der Waals surface area contributed by atoms with Gasteiger partial charge >= 0.3 is 0 Å². The van der Waals surface area contributed by atoms with Gasteiger partial charge in [0, 0.05) is 0 Å². The van der Waals surface area contributed by atoms with Crippen molar-refractivity contribution < 1.29 is 0 Å². The Hall–Kier alpha value is 0. The van der Waals surface area contributed by atoms with Gasteiger partial charge in [-0.15, -0.1) is 0 Å². The lowest BCUT2D eigenvalue weighted by Gasteiger charge is -2.57. The van der Waals surface area contributed by atoms with Crippen molar-refractivity contribution in [1.29, 1.82) is 0 Å². The maximum absolute atomic E-state index is 2.42. The summed E-state index contributed by atoms with van der Waals surface area (Å²) in [5.41, 5.74) is 0.907. The highest BCUT2D eigenvalue weighted by Crippen LogP contribution is 2.85. The van der Waals surface area contributed by atoms with Gasteiger partial charge in [-0.05, 0) is 78.9 Å². The minimum atomic E-state index is 0.907. The number of fused-ring (bicyclic) bond motifs is 11. The lowest BCUT2D eigenvalue weighted by Crippen LogP contribution is -2.52. The van der Waals surface area contributed by atoms with Crippen molar-refractivity contribution in [3.05, 3.63) is 0 Å². The molecule has 0 heteroatoms. The standard InChI is InChI=1S/C15H22/c1-2-5-15-7-11(8-3-4-12(8)15)13-9-6-10(9)14(13)15/h8-14H,2-7H2,1H3. The number of hydrogen-bond donors (Lipinski definition) is 0. The fraction of sp³-hybridized carbons (Fsp3) is 1.00. The largest absolute Gasteiger partial charge is 0.0654 e. The van der Waals surface area contributed by atoms with E-state index in [2.05, 4.69) is 6.92 Å². The first kappa shape index (κ1) is 8.14.